The molecule has 0 fully saturated rings. The van der Waals surface area contributed by atoms with Gasteiger partial charge in [-0.2, -0.15) is 4.68 Å². The van der Waals surface area contributed by atoms with Gasteiger partial charge >= 0.3 is 0 Å². The van der Waals surface area contributed by atoms with Crippen molar-refractivity contribution in [2.24, 2.45) is 0 Å². The predicted octanol–water partition coefficient (Wildman–Crippen LogP) is 3.18. The van der Waals surface area contributed by atoms with E-state index in [4.69, 9.17) is 17.3 Å². The highest BCUT2D eigenvalue weighted by Gasteiger charge is 2.17. The lowest BCUT2D eigenvalue weighted by Gasteiger charge is -2.11. The van der Waals surface area contributed by atoms with E-state index in [0.29, 0.717) is 16.5 Å². The molecule has 2 N–H and O–H groups in total. The summed E-state index contributed by atoms with van der Waals surface area (Å²) >= 11 is 6.28. The summed E-state index contributed by atoms with van der Waals surface area (Å²) in [5.41, 5.74) is 10.4. The molecule has 2 aromatic carbocycles. The van der Waals surface area contributed by atoms with Crippen LogP contribution in [0.3, 0.4) is 0 Å². The summed E-state index contributed by atoms with van der Waals surface area (Å²) in [5.74, 6) is 0.582. The Morgan fingerprint density at radius 2 is 1.95 bits per heavy atom. The van der Waals surface area contributed by atoms with Crippen LogP contribution in [0, 0.1) is 13.8 Å². The van der Waals surface area contributed by atoms with E-state index in [1.165, 1.54) is 0 Å². The van der Waals surface area contributed by atoms with Gasteiger partial charge in [-0.15, -0.1) is 5.10 Å². The smallest absolute Gasteiger partial charge is 0.189 e. The van der Waals surface area contributed by atoms with Crippen LogP contribution in [0.4, 0.5) is 5.69 Å². The number of rotatable bonds is 2. The fraction of sp³-hybridized carbons (Fsp3) is 0.133. The van der Waals surface area contributed by atoms with Crippen LogP contribution in [0.15, 0.2) is 36.4 Å². The predicted molar refractivity (Wildman–Crippen MR) is 83.5 cm³/mol. The zero-order valence-corrected chi connectivity index (χ0v) is 12.5. The monoisotopic (exact) mass is 299 g/mol. The first-order valence-electron chi connectivity index (χ1n) is 6.48. The highest BCUT2D eigenvalue weighted by molar-refractivity contribution is 6.32. The Morgan fingerprint density at radius 1 is 1.14 bits per heavy atom. The average Bonchev–Trinajstić information content (AvgIpc) is 2.90. The summed E-state index contributed by atoms with van der Waals surface area (Å²) in [6.45, 7) is 3.97. The van der Waals surface area contributed by atoms with Crippen LogP contribution in [-0.2, 0) is 0 Å². The maximum absolute atomic E-state index is 6.28. The molecule has 5 nitrogen and oxygen atoms in total. The minimum absolute atomic E-state index is 0.582. The molecule has 1 heterocycles. The second-order valence-corrected chi connectivity index (χ2v) is 5.32. The first kappa shape index (κ1) is 13.6. The lowest BCUT2D eigenvalue weighted by atomic mass is 10.1. The van der Waals surface area contributed by atoms with Gasteiger partial charge in [0.05, 0.1) is 10.7 Å². The van der Waals surface area contributed by atoms with Crippen molar-refractivity contribution in [1.29, 1.82) is 0 Å². The zero-order chi connectivity index (χ0) is 15.0. The third-order valence-electron chi connectivity index (χ3n) is 3.33. The van der Waals surface area contributed by atoms with E-state index in [1.807, 2.05) is 50.2 Å². The van der Waals surface area contributed by atoms with Gasteiger partial charge in [0, 0.05) is 11.3 Å². The standard InChI is InChI=1S/C15H14ClN5/c1-9-6-7-11(16)13(8-9)21-15(18-19-20-21)14-10(2)4-3-5-12(14)17/h3-8H,17H2,1-2H3. The Bertz CT molecular complexity index is 789. The Morgan fingerprint density at radius 3 is 2.71 bits per heavy atom. The van der Waals surface area contributed by atoms with E-state index >= 15 is 0 Å². The number of tetrazole rings is 1. The summed E-state index contributed by atoms with van der Waals surface area (Å²) < 4.78 is 1.62. The van der Waals surface area contributed by atoms with Gasteiger partial charge in [-0.05, 0) is 53.6 Å². The summed E-state index contributed by atoms with van der Waals surface area (Å²) in [5, 5.41) is 12.5. The lowest BCUT2D eigenvalue weighted by Crippen LogP contribution is -2.04. The molecule has 3 aromatic rings. The van der Waals surface area contributed by atoms with Crippen molar-refractivity contribution < 1.29 is 0 Å². The molecule has 21 heavy (non-hydrogen) atoms. The fourth-order valence-corrected chi connectivity index (χ4v) is 2.48. The van der Waals surface area contributed by atoms with E-state index < -0.39 is 0 Å². The maximum Gasteiger partial charge on any atom is 0.189 e. The van der Waals surface area contributed by atoms with Gasteiger partial charge in [0.2, 0.25) is 0 Å². The van der Waals surface area contributed by atoms with Gasteiger partial charge in [0.1, 0.15) is 0 Å². The Hall–Kier alpha value is -2.40. The number of halogens is 1. The number of benzene rings is 2. The molecule has 0 aliphatic carbocycles. The Balaban J connectivity index is 2.25. The minimum atomic E-state index is 0.582. The van der Waals surface area contributed by atoms with E-state index in [-0.39, 0.29) is 0 Å². The van der Waals surface area contributed by atoms with Crippen molar-refractivity contribution in [2.75, 3.05) is 5.73 Å². The van der Waals surface area contributed by atoms with E-state index in [1.54, 1.807) is 4.68 Å². The molecule has 3 rings (SSSR count). The third-order valence-corrected chi connectivity index (χ3v) is 3.65. The summed E-state index contributed by atoms with van der Waals surface area (Å²) in [4.78, 5) is 0. The summed E-state index contributed by atoms with van der Waals surface area (Å²) in [6.07, 6.45) is 0. The van der Waals surface area contributed by atoms with E-state index in [2.05, 4.69) is 15.5 Å². The molecule has 0 atom stereocenters. The number of nitrogens with two attached hydrogens (primary N) is 1. The Kier molecular flexibility index (Phi) is 3.35. The van der Waals surface area contributed by atoms with Crippen molar-refractivity contribution >= 4 is 17.3 Å². The summed E-state index contributed by atoms with van der Waals surface area (Å²) in [7, 11) is 0. The number of aromatic nitrogens is 4. The lowest BCUT2D eigenvalue weighted by molar-refractivity contribution is 0.790. The molecular weight excluding hydrogens is 286 g/mol. The molecule has 6 heteroatoms. The highest BCUT2D eigenvalue weighted by atomic mass is 35.5. The number of hydrogen-bond acceptors (Lipinski definition) is 4. The van der Waals surface area contributed by atoms with Gasteiger partial charge < -0.3 is 5.73 Å². The molecule has 0 radical (unpaired) electrons. The van der Waals surface area contributed by atoms with Crippen molar-refractivity contribution in [2.45, 2.75) is 13.8 Å². The molecule has 0 amide bonds. The average molecular weight is 300 g/mol. The third kappa shape index (κ3) is 2.36. The van der Waals surface area contributed by atoms with Gasteiger partial charge in [-0.25, -0.2) is 0 Å². The quantitative estimate of drug-likeness (QED) is 0.738. The molecule has 0 saturated heterocycles. The number of nitrogen functional groups attached to an aromatic ring is 1. The van der Waals surface area contributed by atoms with Crippen LogP contribution in [0.1, 0.15) is 11.1 Å². The second kappa shape index (κ2) is 5.18. The van der Waals surface area contributed by atoms with Crippen LogP contribution >= 0.6 is 11.6 Å². The molecule has 0 aliphatic heterocycles. The molecule has 0 spiro atoms. The van der Waals surface area contributed by atoms with Crippen molar-refractivity contribution in [1.82, 2.24) is 20.2 Å². The van der Waals surface area contributed by atoms with Crippen molar-refractivity contribution in [3.05, 3.63) is 52.5 Å². The van der Waals surface area contributed by atoms with Crippen LogP contribution < -0.4 is 5.73 Å². The second-order valence-electron chi connectivity index (χ2n) is 4.91. The maximum atomic E-state index is 6.28. The molecule has 1 aromatic heterocycles. The Labute approximate surface area is 127 Å². The zero-order valence-electron chi connectivity index (χ0n) is 11.7. The topological polar surface area (TPSA) is 69.6 Å². The van der Waals surface area contributed by atoms with E-state index in [9.17, 15) is 0 Å². The van der Waals surface area contributed by atoms with Crippen LogP contribution in [0.2, 0.25) is 5.02 Å². The van der Waals surface area contributed by atoms with E-state index in [0.717, 1.165) is 22.4 Å². The van der Waals surface area contributed by atoms with Crippen molar-refractivity contribution in [3.63, 3.8) is 0 Å². The highest BCUT2D eigenvalue weighted by Crippen LogP contribution is 2.30. The fourth-order valence-electron chi connectivity index (χ4n) is 2.29. The number of hydrogen-bond donors (Lipinski definition) is 1. The number of anilines is 1. The van der Waals surface area contributed by atoms with Crippen LogP contribution in [-0.4, -0.2) is 20.2 Å². The number of nitrogens with zero attached hydrogens (tertiary/aromatic N) is 4. The molecule has 0 bridgehead atoms. The van der Waals surface area contributed by atoms with Crippen LogP contribution in [0.25, 0.3) is 17.1 Å². The molecule has 0 saturated carbocycles. The number of aryl methyl sites for hydroxylation is 2. The van der Waals surface area contributed by atoms with Gasteiger partial charge in [-0.3, -0.25) is 0 Å². The minimum Gasteiger partial charge on any atom is -0.398 e. The molecule has 0 aliphatic rings. The molecule has 106 valence electrons. The van der Waals surface area contributed by atoms with Gasteiger partial charge in [0.25, 0.3) is 0 Å². The molecule has 0 unspecified atom stereocenters. The van der Waals surface area contributed by atoms with Gasteiger partial charge in [0.15, 0.2) is 5.82 Å². The first-order valence-corrected chi connectivity index (χ1v) is 6.86. The largest absolute Gasteiger partial charge is 0.398 e. The molecular formula is C15H14ClN5. The van der Waals surface area contributed by atoms with Crippen molar-refractivity contribution in [3.8, 4) is 17.1 Å². The van der Waals surface area contributed by atoms with Gasteiger partial charge in [-0.1, -0.05) is 29.8 Å². The normalized spacial score (nSPS) is 10.8. The van der Waals surface area contributed by atoms with Crippen LogP contribution in [0.5, 0.6) is 0 Å². The SMILES string of the molecule is Cc1ccc(Cl)c(-n2nnnc2-c2c(C)cccc2N)c1. The first-order chi connectivity index (χ1) is 10.1. The summed E-state index contributed by atoms with van der Waals surface area (Å²) in [6, 6.07) is 11.4.